The van der Waals surface area contributed by atoms with Crippen molar-refractivity contribution in [2.45, 2.75) is 88.9 Å². The Kier molecular flexibility index (Phi) is 17.8. The smallest absolute Gasteiger partial charge is 0.222 e. The summed E-state index contributed by atoms with van der Waals surface area (Å²) < 4.78 is 51.5. The zero-order valence-electron chi connectivity index (χ0n) is 40.7. The van der Waals surface area contributed by atoms with Crippen LogP contribution in [0.25, 0.3) is 23.3 Å². The van der Waals surface area contributed by atoms with Crippen LogP contribution in [-0.2, 0) is 29.6 Å². The average molecular weight is 1070 g/mol. The molecule has 2 unspecified atom stereocenters. The summed E-state index contributed by atoms with van der Waals surface area (Å²) in [7, 11) is -6.38. The number of nitrogens with one attached hydrogen (secondary N) is 1. The standard InChI is InChI=1S/C27H33Cl2N3O3S.C27H32ClN3O3S.H2/c1-36(34,35)32-15-10-19(11-16-32)26-23-9-8-22(29)18-21(23)17-20(24-6-4-14-31-27(24)26)5-3-13-30-25(33)7-2-12-28;1-35(33,34)31-15-10-19(11-16-31)26-23-9-8-22(28)18-21(23)17-20(24-6-2-12-29-27(24)26)5-3-13-30-14-4-7-25(30)32;/h4,6,8-9,14,17-19,26H,2-3,5,7,10-13,15-16H2,1H3,(H,30,33);2,6,8-9,12,17-19,26H,3-5,7,10-11,13-16H2,1H3;1H. The fourth-order valence-corrected chi connectivity index (χ4v) is 13.5. The molecule has 9 rings (SSSR count). The number of carbonyl (C=O) groups is 2. The molecule has 0 saturated carbocycles. The molecule has 2 atom stereocenters. The summed E-state index contributed by atoms with van der Waals surface area (Å²) in [6.45, 7) is 4.36. The van der Waals surface area contributed by atoms with Gasteiger partial charge >= 0.3 is 0 Å². The van der Waals surface area contributed by atoms with E-state index in [-0.39, 0.29) is 36.9 Å². The zero-order valence-corrected chi connectivity index (χ0v) is 44.6. The summed E-state index contributed by atoms with van der Waals surface area (Å²) in [6.07, 6.45) is 20.0. The normalized spacial score (nSPS) is 20.0. The van der Waals surface area contributed by atoms with Crippen molar-refractivity contribution in [3.8, 4) is 0 Å². The highest BCUT2D eigenvalue weighted by Crippen LogP contribution is 2.47. The van der Waals surface area contributed by atoms with Crippen molar-refractivity contribution in [2.75, 3.05) is 64.2 Å². The van der Waals surface area contributed by atoms with Crippen LogP contribution in [0.15, 0.2) is 73.1 Å². The van der Waals surface area contributed by atoms with Crippen LogP contribution in [0.1, 0.15) is 135 Å². The van der Waals surface area contributed by atoms with Gasteiger partial charge in [0.05, 0.1) is 23.9 Å². The fraction of sp³-hybridized carbons (Fsp3) is 0.481. The molecule has 17 heteroatoms. The maximum Gasteiger partial charge on any atom is 0.222 e. The molecule has 3 fully saturated rings. The van der Waals surface area contributed by atoms with Crippen LogP contribution in [0.2, 0.25) is 10.0 Å². The van der Waals surface area contributed by atoms with Gasteiger partial charge in [-0.1, -0.05) is 59.6 Å². The van der Waals surface area contributed by atoms with Crippen LogP contribution in [0.3, 0.4) is 0 Å². The van der Waals surface area contributed by atoms with E-state index in [2.05, 4.69) is 41.7 Å². The van der Waals surface area contributed by atoms with Gasteiger partial charge in [0, 0.05) is 100 Å². The number of hydrogen-bond acceptors (Lipinski definition) is 8. The number of fused-ring (bicyclic) bond motifs is 4. The van der Waals surface area contributed by atoms with Crippen molar-refractivity contribution in [2.24, 2.45) is 11.8 Å². The number of halogens is 3. The van der Waals surface area contributed by atoms with Crippen molar-refractivity contribution >= 4 is 90.0 Å². The minimum absolute atomic E-state index is 0. The molecule has 5 heterocycles. The van der Waals surface area contributed by atoms with Crippen LogP contribution >= 0.6 is 34.8 Å². The van der Waals surface area contributed by atoms with E-state index in [0.717, 1.165) is 105 Å². The Hall–Kier alpha value is -4.15. The summed E-state index contributed by atoms with van der Waals surface area (Å²) in [4.78, 5) is 35.8. The molecule has 3 aliphatic heterocycles. The van der Waals surface area contributed by atoms with E-state index < -0.39 is 20.0 Å². The Balaban J connectivity index is 0.000000208. The number of alkyl halides is 1. The van der Waals surface area contributed by atoms with Crippen molar-refractivity contribution in [3.63, 3.8) is 0 Å². The van der Waals surface area contributed by atoms with Crippen molar-refractivity contribution in [1.82, 2.24) is 28.8 Å². The number of aromatic nitrogens is 2. The second kappa shape index (κ2) is 23.8. The van der Waals surface area contributed by atoms with Gasteiger partial charge in [-0.2, -0.15) is 0 Å². The molecule has 2 aliphatic carbocycles. The Bertz CT molecular complexity index is 2870. The largest absolute Gasteiger partial charge is 0.356 e. The van der Waals surface area contributed by atoms with Gasteiger partial charge in [-0.25, -0.2) is 25.4 Å². The van der Waals surface area contributed by atoms with Gasteiger partial charge < -0.3 is 10.2 Å². The van der Waals surface area contributed by atoms with Gasteiger partial charge in [0.25, 0.3) is 0 Å². The molecule has 0 spiro atoms. The third-order valence-corrected chi connectivity index (χ3v) is 18.1. The van der Waals surface area contributed by atoms with Crippen molar-refractivity contribution in [1.29, 1.82) is 0 Å². The number of benzene rings is 2. The highest BCUT2D eigenvalue weighted by atomic mass is 35.5. The summed E-state index contributed by atoms with van der Waals surface area (Å²) in [5.41, 5.74) is 11.3. The first kappa shape index (κ1) is 53.2. The molecule has 0 bridgehead atoms. The molecule has 3 saturated heterocycles. The second-order valence-electron chi connectivity index (χ2n) is 19.5. The highest BCUT2D eigenvalue weighted by Gasteiger charge is 2.38. The van der Waals surface area contributed by atoms with Crippen LogP contribution in [0.5, 0.6) is 0 Å². The van der Waals surface area contributed by atoms with Gasteiger partial charge in [0.15, 0.2) is 0 Å². The van der Waals surface area contributed by atoms with E-state index in [1.165, 1.54) is 34.8 Å². The molecule has 2 aromatic carbocycles. The van der Waals surface area contributed by atoms with Gasteiger partial charge in [0.2, 0.25) is 31.9 Å². The maximum atomic E-state index is 12.1. The molecule has 71 heavy (non-hydrogen) atoms. The van der Waals surface area contributed by atoms with Crippen LogP contribution in [-0.4, -0.2) is 116 Å². The molecular weight excluding hydrogens is 999 g/mol. The van der Waals surface area contributed by atoms with Crippen molar-refractivity contribution in [3.05, 3.63) is 128 Å². The fourth-order valence-electron chi connectivity index (χ4n) is 11.3. The number of nitrogens with zero attached hydrogens (tertiary/aromatic N) is 5. The summed E-state index contributed by atoms with van der Waals surface area (Å²) in [6, 6.07) is 20.4. The van der Waals surface area contributed by atoms with Crippen LogP contribution in [0, 0.1) is 11.8 Å². The lowest BCUT2D eigenvalue weighted by molar-refractivity contribution is -0.127. The van der Waals surface area contributed by atoms with E-state index in [4.69, 9.17) is 44.8 Å². The lowest BCUT2D eigenvalue weighted by Gasteiger charge is -2.35. The SMILES string of the molecule is CS(=O)(=O)N1CCC(C2c3ccc(Cl)cc3C=C(CCCN3CCCC3=O)c3cccnc32)CC1.CS(=O)(=O)N1CCC(C2c3ccc(Cl)cc3C=C(CCCNC(=O)CCCCl)c3cccnc32)CC1.[HH]. The topological polar surface area (TPSA) is 150 Å². The monoisotopic (exact) mass is 1060 g/mol. The lowest BCUT2D eigenvalue weighted by Crippen LogP contribution is -2.39. The minimum atomic E-state index is -3.19. The summed E-state index contributed by atoms with van der Waals surface area (Å²) >= 11 is 18.5. The minimum Gasteiger partial charge on any atom is -0.356 e. The zero-order chi connectivity index (χ0) is 50.3. The predicted molar refractivity (Wildman–Crippen MR) is 288 cm³/mol. The van der Waals surface area contributed by atoms with E-state index in [0.29, 0.717) is 67.9 Å². The van der Waals surface area contributed by atoms with Crippen LogP contribution in [0.4, 0.5) is 0 Å². The number of piperidine rings is 2. The molecule has 2 amide bonds. The number of rotatable bonds is 15. The third-order valence-electron chi connectivity index (χ3n) is 14.8. The Labute approximate surface area is 436 Å². The third kappa shape index (κ3) is 13.2. The second-order valence-corrected chi connectivity index (χ2v) is 24.8. The van der Waals surface area contributed by atoms with E-state index in [9.17, 15) is 26.4 Å². The predicted octanol–water partition coefficient (Wildman–Crippen LogP) is 10.3. The van der Waals surface area contributed by atoms with Gasteiger partial charge in [-0.3, -0.25) is 19.6 Å². The summed E-state index contributed by atoms with van der Waals surface area (Å²) in [5.74, 6) is 1.47. The first-order chi connectivity index (χ1) is 34.1. The van der Waals surface area contributed by atoms with Crippen molar-refractivity contribution < 1.29 is 27.9 Å². The number of carbonyl (C=O) groups excluding carboxylic acids is 2. The molecule has 382 valence electrons. The molecular formula is C54H67Cl3N6O6S2. The highest BCUT2D eigenvalue weighted by molar-refractivity contribution is 7.88. The van der Waals surface area contributed by atoms with E-state index >= 15 is 0 Å². The molecule has 0 radical (unpaired) electrons. The van der Waals surface area contributed by atoms with Crippen LogP contribution < -0.4 is 5.32 Å². The number of pyridine rings is 2. The van der Waals surface area contributed by atoms with Gasteiger partial charge in [0.1, 0.15) is 0 Å². The molecule has 2 aromatic heterocycles. The van der Waals surface area contributed by atoms with Gasteiger partial charge in [-0.15, -0.1) is 11.6 Å². The number of allylic oxidation sites excluding steroid dienone is 2. The van der Waals surface area contributed by atoms with E-state index in [1.54, 1.807) is 8.61 Å². The number of likely N-dealkylation sites (tertiary alicyclic amines) is 1. The summed E-state index contributed by atoms with van der Waals surface area (Å²) in [5, 5.41) is 4.37. The lowest BCUT2D eigenvalue weighted by atomic mass is 9.76. The molecule has 5 aliphatic rings. The Morgan fingerprint density at radius 2 is 1.20 bits per heavy atom. The van der Waals surface area contributed by atoms with Gasteiger partial charge in [-0.05, 0) is 157 Å². The molecule has 12 nitrogen and oxygen atoms in total. The van der Waals surface area contributed by atoms with E-state index in [1.807, 2.05) is 53.7 Å². The number of amides is 2. The molecule has 4 aromatic rings. The first-order valence-corrected chi connectivity index (χ1v) is 30.0. The first-order valence-electron chi connectivity index (χ1n) is 25.0. The average Bonchev–Trinajstić information content (AvgIpc) is 3.64. The number of hydrogen-bond donors (Lipinski definition) is 1. The quantitative estimate of drug-likeness (QED) is 0.0913. The number of sulfonamides is 2. The molecule has 1 N–H and O–H groups in total. The maximum absolute atomic E-state index is 12.1. The Morgan fingerprint density at radius 1 is 0.704 bits per heavy atom. The Morgan fingerprint density at radius 3 is 1.65 bits per heavy atom.